The Morgan fingerprint density at radius 2 is 1.82 bits per heavy atom. The van der Waals surface area contributed by atoms with E-state index in [9.17, 15) is 55.5 Å². The van der Waals surface area contributed by atoms with Gasteiger partial charge in [0.25, 0.3) is 0 Å². The third-order valence-corrected chi connectivity index (χ3v) is 19.2. The van der Waals surface area contributed by atoms with E-state index in [0.717, 1.165) is 6.26 Å². The van der Waals surface area contributed by atoms with Crippen LogP contribution in [0.25, 0.3) is 0 Å². The molecule has 1 aliphatic carbocycles. The smallest absolute Gasteiger partial charge is 0.343 e. The number of rotatable bonds is 17. The first kappa shape index (κ1) is 58.1. The second-order valence-electron chi connectivity index (χ2n) is 17.8. The number of nitrogens with one attached hydrogen (secondary N) is 3. The van der Waals surface area contributed by atoms with Gasteiger partial charge in [0, 0.05) is 60.5 Å². The first-order valence-corrected chi connectivity index (χ1v) is 28.3. The Morgan fingerprint density at radius 3 is 2.50 bits per heavy atom. The van der Waals surface area contributed by atoms with E-state index in [0.29, 0.717) is 41.2 Å². The number of guanidine groups is 2. The van der Waals surface area contributed by atoms with Crippen molar-refractivity contribution in [2.75, 3.05) is 71.2 Å². The molecule has 2 fully saturated rings. The normalized spacial score (nSPS) is 34.7. The van der Waals surface area contributed by atoms with Gasteiger partial charge in [-0.3, -0.25) is 20.2 Å². The topological polar surface area (TPSA) is 394 Å². The number of carboxylic acids is 1. The highest BCUT2D eigenvalue weighted by Crippen LogP contribution is 2.46. The number of nitrogens with two attached hydrogens (primary N) is 3. The third-order valence-electron chi connectivity index (χ3n) is 13.3. The number of fused-ring (bicyclic) bond motifs is 2. The molecule has 5 aliphatic heterocycles. The SMILES string of the molecule is CNC(CO)OC1C(OC2OC=C3C(=O)OC4CCC(CO)C4CSSC4C(CCN=C(N)N)SSCC=CC2C3C=CC2=C(NC(N)=NCCCO)C(C(=O)O)=C[NH+](C2)C4CO)OC(CO)C(O)C1(O)O. The molecule has 6 rings (SSSR count). The lowest BCUT2D eigenvalue weighted by molar-refractivity contribution is -0.870. The number of nitrogens with zero attached hydrogens (tertiary/aromatic N) is 2. The fraction of sp³-hybridized carbons (Fsp3) is 0.682. The number of ether oxygens (including phenoxy) is 5. The van der Waals surface area contributed by atoms with Gasteiger partial charge < -0.3 is 92.2 Å². The Morgan fingerprint density at radius 1 is 1.03 bits per heavy atom. The van der Waals surface area contributed by atoms with Gasteiger partial charge in [0.2, 0.25) is 12.1 Å². The zero-order valence-electron chi connectivity index (χ0n) is 39.6. The minimum Gasteiger partial charge on any atom is -0.477 e. The summed E-state index contributed by atoms with van der Waals surface area (Å²) in [6.45, 7) is -1.79. The maximum atomic E-state index is 14.7. The molecule has 1 saturated heterocycles. The molecule has 72 heavy (non-hydrogen) atoms. The average molecular weight is 1090 g/mol. The van der Waals surface area contributed by atoms with Gasteiger partial charge in [0.1, 0.15) is 48.9 Å². The van der Waals surface area contributed by atoms with Gasteiger partial charge in [-0.2, -0.15) is 0 Å². The lowest BCUT2D eigenvalue weighted by Gasteiger charge is -2.48. The quantitative estimate of drug-likeness (QED) is 0.0126. The van der Waals surface area contributed by atoms with Crippen LogP contribution in [0.5, 0.6) is 0 Å². The molecule has 15 unspecified atom stereocenters. The molecule has 0 aromatic carbocycles. The number of carbonyl (C=O) groups is 2. The summed E-state index contributed by atoms with van der Waals surface area (Å²) in [6, 6.07) is -0.636. The van der Waals surface area contributed by atoms with E-state index < -0.39 is 97.3 Å². The molecule has 18 N–H and O–H groups in total. The van der Waals surface area contributed by atoms with E-state index in [1.54, 1.807) is 18.2 Å². The third kappa shape index (κ3) is 14.2. The van der Waals surface area contributed by atoms with Crippen LogP contribution in [0.15, 0.2) is 69.2 Å². The summed E-state index contributed by atoms with van der Waals surface area (Å²) in [4.78, 5) is 37.3. The molecule has 404 valence electrons. The van der Waals surface area contributed by atoms with Crippen molar-refractivity contribution in [2.24, 2.45) is 50.9 Å². The number of aliphatic hydroxyl groups is 8. The Bertz CT molecular complexity index is 2060. The summed E-state index contributed by atoms with van der Waals surface area (Å²) in [5, 5.41) is 101. The van der Waals surface area contributed by atoms with Gasteiger partial charge in [-0.05, 0) is 38.6 Å². The number of carbonyl (C=O) groups excluding carboxylic acids is 1. The zero-order valence-corrected chi connectivity index (χ0v) is 42.9. The lowest BCUT2D eigenvalue weighted by Crippen LogP contribution is -3.14. The average Bonchev–Trinajstić information content (AvgIpc) is 3.73. The predicted molar refractivity (Wildman–Crippen MR) is 270 cm³/mol. The van der Waals surface area contributed by atoms with E-state index in [-0.39, 0.29) is 91.7 Å². The van der Waals surface area contributed by atoms with E-state index in [2.05, 4.69) is 20.6 Å². The van der Waals surface area contributed by atoms with Crippen molar-refractivity contribution in [3.8, 4) is 0 Å². The van der Waals surface area contributed by atoms with Gasteiger partial charge >= 0.3 is 11.9 Å². The summed E-state index contributed by atoms with van der Waals surface area (Å²) in [5.74, 6) is -7.16. The molecule has 0 aromatic rings. The minimum absolute atomic E-state index is 0.0184. The van der Waals surface area contributed by atoms with Crippen LogP contribution < -0.4 is 32.7 Å². The number of carboxylic acid groups (broad SMARTS) is 1. The fourth-order valence-corrected chi connectivity index (χ4v) is 16.2. The van der Waals surface area contributed by atoms with Crippen LogP contribution in [-0.2, 0) is 33.3 Å². The molecule has 4 bridgehead atoms. The van der Waals surface area contributed by atoms with Crippen LogP contribution in [0.4, 0.5) is 0 Å². The van der Waals surface area contributed by atoms with Crippen molar-refractivity contribution in [3.05, 3.63) is 59.2 Å². The summed E-state index contributed by atoms with van der Waals surface area (Å²) < 4.78 is 30.8. The Kier molecular flexibility index (Phi) is 22.3. The molecule has 6 aliphatic rings. The number of hydrogen-bond donors (Lipinski definition) is 15. The second kappa shape index (κ2) is 27.6. The molecule has 15 atom stereocenters. The number of aliphatic hydroxyl groups excluding tert-OH is 6. The standard InChI is InChI=1S/C44H68N8O16S4/c1-48-33(19-57)67-37-41(66-31(18-56)36(58)44(37,62)63)68-40-25-4-2-13-69-71-32(9-11-49-42(45)46)35-29(17-55)52-14-22(34(26(15-52)38(59)60)51-43(47)50-10-3-12-53)5-7-24(25)27(20-64-40)39(61)65-30-8-6-23(16-54)28(30)21-70-72-35/h2,4-5,7,15,20,23-25,28-33,35-37,40-41,48,53-58,62-63H,3,6,8-14,16-19,21H2,1H3,(H,59,60)(H4,45,46,49)(H3,47,50,51)/p+1. The number of aliphatic carboxylic acids is 1. The van der Waals surface area contributed by atoms with Crippen molar-refractivity contribution in [1.29, 1.82) is 0 Å². The van der Waals surface area contributed by atoms with Gasteiger partial charge in [-0.1, -0.05) is 67.5 Å². The van der Waals surface area contributed by atoms with Crippen LogP contribution in [-0.4, -0.2) is 207 Å². The van der Waals surface area contributed by atoms with E-state index in [4.69, 9.17) is 40.9 Å². The number of quaternary nitrogens is 1. The maximum Gasteiger partial charge on any atom is 0.343 e. The van der Waals surface area contributed by atoms with Crippen molar-refractivity contribution >= 4 is 67.0 Å². The van der Waals surface area contributed by atoms with E-state index >= 15 is 0 Å². The van der Waals surface area contributed by atoms with Crippen LogP contribution in [0.3, 0.4) is 0 Å². The van der Waals surface area contributed by atoms with Gasteiger partial charge in [-0.15, -0.1) is 0 Å². The fourth-order valence-electron chi connectivity index (χ4n) is 9.38. The van der Waals surface area contributed by atoms with Crippen molar-refractivity contribution < 1.29 is 84.1 Å². The zero-order chi connectivity index (χ0) is 52.1. The Labute approximate surface area is 432 Å². The van der Waals surface area contributed by atoms with Crippen molar-refractivity contribution in [1.82, 2.24) is 10.6 Å². The molecular weight excluding hydrogens is 1020 g/mol. The first-order valence-electron chi connectivity index (χ1n) is 23.6. The molecule has 0 spiro atoms. The molecule has 24 nitrogen and oxygen atoms in total. The van der Waals surface area contributed by atoms with Gasteiger partial charge in [-0.25, -0.2) is 9.59 Å². The number of hydrogen-bond acceptors (Lipinski definition) is 22. The summed E-state index contributed by atoms with van der Waals surface area (Å²) >= 11 is 0. The Balaban J connectivity index is 1.57. The molecule has 1 saturated carbocycles. The van der Waals surface area contributed by atoms with E-state index in [1.165, 1.54) is 56.4 Å². The number of esters is 1. The first-order chi connectivity index (χ1) is 34.6. The van der Waals surface area contributed by atoms with Crippen LogP contribution in [0, 0.1) is 23.7 Å². The molecule has 5 heterocycles. The van der Waals surface area contributed by atoms with Crippen LogP contribution >= 0.6 is 43.2 Å². The predicted octanol–water partition coefficient (Wildman–Crippen LogP) is -3.84. The molecule has 0 radical (unpaired) electrons. The lowest BCUT2D eigenvalue weighted by atomic mass is 9.82. The van der Waals surface area contributed by atoms with Crippen LogP contribution in [0.1, 0.15) is 25.7 Å². The van der Waals surface area contributed by atoms with Gasteiger partial charge in [0.05, 0.1) is 48.5 Å². The monoisotopic (exact) mass is 1090 g/mol. The maximum absolute atomic E-state index is 14.7. The molecule has 28 heteroatoms. The molecule has 0 amide bonds. The minimum atomic E-state index is -3.12. The Hall–Kier alpha value is -3.14. The van der Waals surface area contributed by atoms with Gasteiger partial charge in [0.15, 0.2) is 24.3 Å². The molecular formula is C44H69N8O16S4+. The van der Waals surface area contributed by atoms with Crippen LogP contribution in [0.2, 0.25) is 0 Å². The largest absolute Gasteiger partial charge is 0.477 e. The molecule has 0 aromatic heterocycles. The number of likely N-dealkylation sites (N-methyl/N-ethyl adjacent to an activating group) is 1. The number of aliphatic imine (C=N–C) groups is 2. The van der Waals surface area contributed by atoms with E-state index in [1.807, 2.05) is 6.08 Å². The highest BCUT2D eigenvalue weighted by atomic mass is 33.1. The number of allylic oxidation sites excluding steroid dienone is 1. The summed E-state index contributed by atoms with van der Waals surface area (Å²) in [7, 11) is 7.48. The summed E-state index contributed by atoms with van der Waals surface area (Å²) in [5.41, 5.74) is 18.2. The second-order valence-corrected chi connectivity index (χ2v) is 23.1. The summed E-state index contributed by atoms with van der Waals surface area (Å²) in [6.07, 6.45) is 0.523. The highest BCUT2D eigenvalue weighted by molar-refractivity contribution is 8.78. The highest BCUT2D eigenvalue weighted by Gasteiger charge is 2.58. The van der Waals surface area contributed by atoms with Crippen molar-refractivity contribution in [3.63, 3.8) is 0 Å². The van der Waals surface area contributed by atoms with Crippen molar-refractivity contribution in [2.45, 2.75) is 91.2 Å².